The second kappa shape index (κ2) is 6.51. The highest BCUT2D eigenvalue weighted by Crippen LogP contribution is 2.26. The number of piperazine rings is 1. The smallest absolute Gasteiger partial charge is 0.0593 e. The third-order valence-electron chi connectivity index (χ3n) is 4.07. The molecule has 106 valence electrons. The fourth-order valence-corrected chi connectivity index (χ4v) is 2.74. The Morgan fingerprint density at radius 1 is 1.37 bits per heavy atom. The largest absolute Gasteiger partial charge is 0.380 e. The molecule has 0 amide bonds. The van der Waals surface area contributed by atoms with Crippen LogP contribution in [0.15, 0.2) is 30.3 Å². The van der Waals surface area contributed by atoms with Gasteiger partial charge < -0.3 is 10.1 Å². The van der Waals surface area contributed by atoms with Gasteiger partial charge in [0.05, 0.1) is 12.1 Å². The Morgan fingerprint density at radius 2 is 2.11 bits per heavy atom. The number of ether oxygens (including phenoxy) is 1. The maximum atomic E-state index is 5.50. The van der Waals surface area contributed by atoms with Crippen molar-refractivity contribution in [3.05, 3.63) is 35.9 Å². The molecular weight excluding hydrogens is 236 g/mol. The maximum absolute atomic E-state index is 5.50. The van der Waals surface area contributed by atoms with Crippen molar-refractivity contribution >= 4 is 0 Å². The molecule has 1 heterocycles. The van der Waals surface area contributed by atoms with E-state index < -0.39 is 0 Å². The lowest BCUT2D eigenvalue weighted by Gasteiger charge is -2.45. The molecule has 1 aromatic rings. The number of hydrogen-bond acceptors (Lipinski definition) is 3. The minimum Gasteiger partial charge on any atom is -0.380 e. The van der Waals surface area contributed by atoms with Crippen LogP contribution in [0.25, 0.3) is 0 Å². The van der Waals surface area contributed by atoms with Crippen molar-refractivity contribution in [1.29, 1.82) is 0 Å². The summed E-state index contributed by atoms with van der Waals surface area (Å²) in [5.74, 6) is 0. The van der Waals surface area contributed by atoms with Crippen LogP contribution < -0.4 is 5.32 Å². The standard InChI is InChI=1S/C16H26N2O/c1-4-19-11-10-18-13-16(3,17-12-14(18)2)15-8-6-5-7-9-15/h5-9,14,17H,4,10-13H2,1-3H3. The Kier molecular flexibility index (Phi) is 4.97. The molecule has 1 aliphatic heterocycles. The average Bonchev–Trinajstić information content (AvgIpc) is 2.44. The van der Waals surface area contributed by atoms with Gasteiger partial charge in [-0.05, 0) is 26.3 Å². The van der Waals surface area contributed by atoms with E-state index in [1.54, 1.807) is 0 Å². The average molecular weight is 262 g/mol. The quantitative estimate of drug-likeness (QED) is 0.824. The van der Waals surface area contributed by atoms with Gasteiger partial charge in [0, 0.05) is 32.3 Å². The lowest BCUT2D eigenvalue weighted by Crippen LogP contribution is -2.60. The molecule has 0 aliphatic carbocycles. The second-order valence-electron chi connectivity index (χ2n) is 5.60. The molecule has 2 unspecified atom stereocenters. The molecule has 2 rings (SSSR count). The molecule has 1 N–H and O–H groups in total. The molecule has 3 nitrogen and oxygen atoms in total. The van der Waals surface area contributed by atoms with E-state index in [9.17, 15) is 0 Å². The van der Waals surface area contributed by atoms with E-state index in [0.29, 0.717) is 6.04 Å². The lowest BCUT2D eigenvalue weighted by molar-refractivity contribution is 0.0532. The van der Waals surface area contributed by atoms with Gasteiger partial charge in [-0.25, -0.2) is 0 Å². The SMILES string of the molecule is CCOCCN1CC(C)(c2ccccc2)NCC1C. The fourth-order valence-electron chi connectivity index (χ4n) is 2.74. The molecule has 1 saturated heterocycles. The fraction of sp³-hybridized carbons (Fsp3) is 0.625. The van der Waals surface area contributed by atoms with Gasteiger partial charge in [0.25, 0.3) is 0 Å². The molecular formula is C16H26N2O. The summed E-state index contributed by atoms with van der Waals surface area (Å²) in [5.41, 5.74) is 1.41. The number of nitrogens with zero attached hydrogens (tertiary/aromatic N) is 1. The van der Waals surface area contributed by atoms with Gasteiger partial charge in [-0.3, -0.25) is 4.90 Å². The summed E-state index contributed by atoms with van der Waals surface area (Å²) >= 11 is 0. The first-order chi connectivity index (χ1) is 9.15. The summed E-state index contributed by atoms with van der Waals surface area (Å²) in [7, 11) is 0. The van der Waals surface area contributed by atoms with Gasteiger partial charge in [0.2, 0.25) is 0 Å². The first-order valence-electron chi connectivity index (χ1n) is 7.28. The van der Waals surface area contributed by atoms with E-state index in [-0.39, 0.29) is 5.54 Å². The molecule has 1 aromatic carbocycles. The summed E-state index contributed by atoms with van der Waals surface area (Å²) in [6.45, 7) is 11.3. The van der Waals surface area contributed by atoms with Crippen LogP contribution in [0.1, 0.15) is 26.3 Å². The third kappa shape index (κ3) is 3.56. The van der Waals surface area contributed by atoms with Crippen LogP contribution in [-0.2, 0) is 10.3 Å². The van der Waals surface area contributed by atoms with Crippen molar-refractivity contribution in [2.45, 2.75) is 32.4 Å². The van der Waals surface area contributed by atoms with Crippen LogP contribution in [0.2, 0.25) is 0 Å². The van der Waals surface area contributed by atoms with E-state index in [0.717, 1.165) is 32.8 Å². The van der Waals surface area contributed by atoms with Crippen molar-refractivity contribution in [1.82, 2.24) is 10.2 Å². The number of nitrogens with one attached hydrogen (secondary N) is 1. The van der Waals surface area contributed by atoms with E-state index >= 15 is 0 Å². The maximum Gasteiger partial charge on any atom is 0.0593 e. The van der Waals surface area contributed by atoms with Gasteiger partial charge in [0.1, 0.15) is 0 Å². The van der Waals surface area contributed by atoms with Gasteiger partial charge in [-0.1, -0.05) is 30.3 Å². The minimum atomic E-state index is 0.0417. The lowest BCUT2D eigenvalue weighted by atomic mass is 9.88. The van der Waals surface area contributed by atoms with Crippen LogP contribution in [0.5, 0.6) is 0 Å². The van der Waals surface area contributed by atoms with E-state index in [1.165, 1.54) is 5.56 Å². The molecule has 0 radical (unpaired) electrons. The molecule has 3 heteroatoms. The first kappa shape index (κ1) is 14.5. The van der Waals surface area contributed by atoms with E-state index in [2.05, 4.69) is 61.3 Å². The Bertz CT molecular complexity index is 382. The van der Waals surface area contributed by atoms with Crippen LogP contribution in [0.3, 0.4) is 0 Å². The molecule has 1 fully saturated rings. The zero-order valence-electron chi connectivity index (χ0n) is 12.4. The van der Waals surface area contributed by atoms with Crippen molar-refractivity contribution < 1.29 is 4.74 Å². The van der Waals surface area contributed by atoms with Gasteiger partial charge >= 0.3 is 0 Å². The molecule has 0 saturated carbocycles. The number of rotatable bonds is 5. The topological polar surface area (TPSA) is 24.5 Å². The molecule has 1 aliphatic rings. The first-order valence-corrected chi connectivity index (χ1v) is 7.28. The van der Waals surface area contributed by atoms with Crippen LogP contribution in [0, 0.1) is 0 Å². The van der Waals surface area contributed by atoms with Crippen molar-refractivity contribution in [2.24, 2.45) is 0 Å². The molecule has 2 atom stereocenters. The summed E-state index contributed by atoms with van der Waals surface area (Å²) in [6.07, 6.45) is 0. The summed E-state index contributed by atoms with van der Waals surface area (Å²) in [5, 5.41) is 3.70. The number of benzene rings is 1. The van der Waals surface area contributed by atoms with Gasteiger partial charge in [-0.2, -0.15) is 0 Å². The molecule has 0 bridgehead atoms. The monoisotopic (exact) mass is 262 g/mol. The van der Waals surface area contributed by atoms with Gasteiger partial charge in [-0.15, -0.1) is 0 Å². The summed E-state index contributed by atoms with van der Waals surface area (Å²) in [4.78, 5) is 2.53. The molecule has 0 aromatic heterocycles. The Labute approximate surface area is 116 Å². The Balaban J connectivity index is 2.03. The predicted molar refractivity (Wildman–Crippen MR) is 79.3 cm³/mol. The number of hydrogen-bond donors (Lipinski definition) is 1. The van der Waals surface area contributed by atoms with Crippen LogP contribution in [-0.4, -0.2) is 43.8 Å². The summed E-state index contributed by atoms with van der Waals surface area (Å²) < 4.78 is 5.50. The summed E-state index contributed by atoms with van der Waals surface area (Å²) in [6, 6.07) is 11.3. The van der Waals surface area contributed by atoms with Crippen LogP contribution in [0.4, 0.5) is 0 Å². The van der Waals surface area contributed by atoms with E-state index in [4.69, 9.17) is 4.74 Å². The minimum absolute atomic E-state index is 0.0417. The highest BCUT2D eigenvalue weighted by molar-refractivity contribution is 5.25. The van der Waals surface area contributed by atoms with Crippen LogP contribution >= 0.6 is 0 Å². The second-order valence-corrected chi connectivity index (χ2v) is 5.60. The zero-order valence-corrected chi connectivity index (χ0v) is 12.4. The van der Waals surface area contributed by atoms with Gasteiger partial charge in [0.15, 0.2) is 0 Å². The van der Waals surface area contributed by atoms with Crippen molar-refractivity contribution in [3.63, 3.8) is 0 Å². The Morgan fingerprint density at radius 3 is 2.79 bits per heavy atom. The molecule has 0 spiro atoms. The Hall–Kier alpha value is -0.900. The highest BCUT2D eigenvalue weighted by atomic mass is 16.5. The third-order valence-corrected chi connectivity index (χ3v) is 4.07. The predicted octanol–water partition coefficient (Wildman–Crippen LogP) is 2.23. The zero-order chi connectivity index (χ0) is 13.7. The molecule has 19 heavy (non-hydrogen) atoms. The van der Waals surface area contributed by atoms with E-state index in [1.807, 2.05) is 0 Å². The normalized spacial score (nSPS) is 28.5. The van der Waals surface area contributed by atoms with Crippen molar-refractivity contribution in [3.8, 4) is 0 Å². The van der Waals surface area contributed by atoms with Crippen molar-refractivity contribution in [2.75, 3.05) is 32.8 Å². The highest BCUT2D eigenvalue weighted by Gasteiger charge is 2.34.